The summed E-state index contributed by atoms with van der Waals surface area (Å²) in [6.45, 7) is 1.94. The first-order valence-corrected chi connectivity index (χ1v) is 9.48. The van der Waals surface area contributed by atoms with Crippen LogP contribution in [0, 0.1) is 0 Å². The molecule has 27 heavy (non-hydrogen) atoms. The van der Waals surface area contributed by atoms with Crippen molar-refractivity contribution >= 4 is 39.5 Å². The summed E-state index contributed by atoms with van der Waals surface area (Å²) in [5.74, 6) is -0.687. The van der Waals surface area contributed by atoms with Gasteiger partial charge >= 0.3 is 6.03 Å². The molecule has 2 aromatic rings. The maximum absolute atomic E-state index is 13.0. The Labute approximate surface area is 165 Å². The van der Waals surface area contributed by atoms with Crippen molar-refractivity contribution in [3.8, 4) is 0 Å². The Morgan fingerprint density at radius 2 is 1.96 bits per heavy atom. The minimum Gasteiger partial charge on any atom is -0.319 e. The Balaban J connectivity index is 1.56. The van der Waals surface area contributed by atoms with Gasteiger partial charge in [0.15, 0.2) is 0 Å². The van der Waals surface area contributed by atoms with Gasteiger partial charge in [-0.05, 0) is 42.7 Å². The first-order chi connectivity index (χ1) is 12.9. The van der Waals surface area contributed by atoms with E-state index in [2.05, 4.69) is 21.2 Å². The van der Waals surface area contributed by atoms with Gasteiger partial charge in [0.1, 0.15) is 12.1 Å². The predicted molar refractivity (Wildman–Crippen MR) is 104 cm³/mol. The standard InChI is InChI=1S/C20H18BrN3O3/c1-20(14-6-4-7-15(21)11-14)18(26)24(19(27)22-20)12-17(25)23-10-9-13-5-2-3-8-16(13)23/h2-8,11H,9-10,12H2,1H3,(H,22,27)/t20-/m1/s1. The lowest BCUT2D eigenvalue weighted by molar-refractivity contribution is -0.134. The molecule has 2 heterocycles. The third-order valence-electron chi connectivity index (χ3n) is 5.16. The summed E-state index contributed by atoms with van der Waals surface area (Å²) in [7, 11) is 0. The molecule has 0 aliphatic carbocycles. The van der Waals surface area contributed by atoms with Gasteiger partial charge in [-0.25, -0.2) is 4.79 Å². The van der Waals surface area contributed by atoms with Crippen LogP contribution in [0.1, 0.15) is 18.1 Å². The quantitative estimate of drug-likeness (QED) is 0.765. The van der Waals surface area contributed by atoms with E-state index in [4.69, 9.17) is 0 Å². The van der Waals surface area contributed by atoms with Gasteiger partial charge in [-0.1, -0.05) is 46.3 Å². The number of hydrogen-bond acceptors (Lipinski definition) is 3. The van der Waals surface area contributed by atoms with Crippen molar-refractivity contribution in [2.24, 2.45) is 0 Å². The summed E-state index contributed by atoms with van der Waals surface area (Å²) in [6.07, 6.45) is 0.776. The Bertz CT molecular complexity index is 961. The van der Waals surface area contributed by atoms with Gasteiger partial charge in [0.25, 0.3) is 5.91 Å². The highest BCUT2D eigenvalue weighted by molar-refractivity contribution is 9.10. The Morgan fingerprint density at radius 1 is 1.19 bits per heavy atom. The highest BCUT2D eigenvalue weighted by Gasteiger charge is 2.50. The minimum atomic E-state index is -1.19. The molecule has 1 N–H and O–H groups in total. The SMILES string of the molecule is C[C@]1(c2cccc(Br)c2)NC(=O)N(CC(=O)N2CCc3ccccc32)C1=O. The number of rotatable bonds is 3. The summed E-state index contributed by atoms with van der Waals surface area (Å²) in [5.41, 5.74) is 1.42. The van der Waals surface area contributed by atoms with Crippen LogP contribution in [0.4, 0.5) is 10.5 Å². The molecule has 0 unspecified atom stereocenters. The van der Waals surface area contributed by atoms with E-state index in [0.717, 1.165) is 27.0 Å². The smallest absolute Gasteiger partial charge is 0.319 e. The van der Waals surface area contributed by atoms with Gasteiger partial charge in [0, 0.05) is 16.7 Å². The summed E-state index contributed by atoms with van der Waals surface area (Å²) in [5, 5.41) is 2.73. The number of anilines is 1. The molecule has 1 saturated heterocycles. The molecular formula is C20H18BrN3O3. The second kappa shape index (κ2) is 6.49. The number of halogens is 1. The highest BCUT2D eigenvalue weighted by Crippen LogP contribution is 2.31. The van der Waals surface area contributed by atoms with Crippen LogP contribution in [0.2, 0.25) is 0 Å². The van der Waals surface area contributed by atoms with E-state index in [1.807, 2.05) is 30.3 Å². The van der Waals surface area contributed by atoms with Crippen LogP contribution >= 0.6 is 15.9 Å². The fourth-order valence-electron chi connectivity index (χ4n) is 3.65. The summed E-state index contributed by atoms with van der Waals surface area (Å²) < 4.78 is 0.812. The number of carbonyl (C=O) groups is 3. The largest absolute Gasteiger partial charge is 0.325 e. The normalized spacial score (nSPS) is 21.4. The third kappa shape index (κ3) is 2.92. The number of benzene rings is 2. The molecule has 1 fully saturated rings. The van der Waals surface area contributed by atoms with E-state index in [9.17, 15) is 14.4 Å². The van der Waals surface area contributed by atoms with Crippen LogP contribution in [0.25, 0.3) is 0 Å². The third-order valence-corrected chi connectivity index (χ3v) is 5.65. The van der Waals surface area contributed by atoms with E-state index >= 15 is 0 Å². The molecule has 0 aromatic heterocycles. The van der Waals surface area contributed by atoms with Crippen LogP contribution in [-0.4, -0.2) is 35.8 Å². The van der Waals surface area contributed by atoms with Gasteiger partial charge in [-0.2, -0.15) is 0 Å². The molecule has 2 aliphatic heterocycles. The molecule has 7 heteroatoms. The molecule has 6 nitrogen and oxygen atoms in total. The molecule has 2 aliphatic rings. The number of para-hydroxylation sites is 1. The van der Waals surface area contributed by atoms with E-state index in [1.165, 1.54) is 0 Å². The molecule has 0 saturated carbocycles. The zero-order valence-corrected chi connectivity index (χ0v) is 16.3. The van der Waals surface area contributed by atoms with Crippen molar-refractivity contribution in [1.82, 2.24) is 10.2 Å². The molecule has 0 radical (unpaired) electrons. The number of nitrogens with one attached hydrogen (secondary N) is 1. The lowest BCUT2D eigenvalue weighted by Crippen LogP contribution is -2.44. The molecule has 4 amide bonds. The van der Waals surface area contributed by atoms with Gasteiger partial charge in [-0.15, -0.1) is 0 Å². The van der Waals surface area contributed by atoms with E-state index < -0.39 is 17.5 Å². The minimum absolute atomic E-state index is 0.262. The van der Waals surface area contributed by atoms with Crippen molar-refractivity contribution in [2.75, 3.05) is 18.0 Å². The monoisotopic (exact) mass is 427 g/mol. The number of carbonyl (C=O) groups excluding carboxylic acids is 3. The fraction of sp³-hybridized carbons (Fsp3) is 0.250. The molecule has 138 valence electrons. The van der Waals surface area contributed by atoms with Gasteiger partial charge in [0.2, 0.25) is 5.91 Å². The summed E-state index contributed by atoms with van der Waals surface area (Å²) in [6, 6.07) is 14.4. The van der Waals surface area contributed by atoms with Crippen LogP contribution in [0.5, 0.6) is 0 Å². The predicted octanol–water partition coefficient (Wildman–Crippen LogP) is 2.81. The zero-order valence-electron chi connectivity index (χ0n) is 14.7. The van der Waals surface area contributed by atoms with Crippen molar-refractivity contribution in [1.29, 1.82) is 0 Å². The zero-order chi connectivity index (χ0) is 19.2. The van der Waals surface area contributed by atoms with Crippen LogP contribution < -0.4 is 10.2 Å². The molecule has 2 aromatic carbocycles. The van der Waals surface area contributed by atoms with Gasteiger partial charge in [0.05, 0.1) is 0 Å². The van der Waals surface area contributed by atoms with E-state index in [-0.39, 0.29) is 12.5 Å². The lowest BCUT2D eigenvalue weighted by Gasteiger charge is -2.23. The maximum atomic E-state index is 13.0. The maximum Gasteiger partial charge on any atom is 0.325 e. The molecule has 0 bridgehead atoms. The Hall–Kier alpha value is -2.67. The molecule has 1 atom stereocenters. The summed E-state index contributed by atoms with van der Waals surface area (Å²) in [4.78, 5) is 40.9. The van der Waals surface area contributed by atoms with E-state index in [1.54, 1.807) is 30.0 Å². The van der Waals surface area contributed by atoms with Gasteiger partial charge in [-0.3, -0.25) is 14.5 Å². The average molecular weight is 428 g/mol. The van der Waals surface area contributed by atoms with Crippen molar-refractivity contribution in [3.63, 3.8) is 0 Å². The second-order valence-electron chi connectivity index (χ2n) is 6.88. The first-order valence-electron chi connectivity index (χ1n) is 8.68. The number of urea groups is 1. The van der Waals surface area contributed by atoms with E-state index in [0.29, 0.717) is 12.1 Å². The molecule has 4 rings (SSSR count). The number of nitrogens with zero attached hydrogens (tertiary/aromatic N) is 2. The number of fused-ring (bicyclic) bond motifs is 1. The molecular weight excluding hydrogens is 410 g/mol. The average Bonchev–Trinajstić information content (AvgIpc) is 3.17. The number of hydrogen-bond donors (Lipinski definition) is 1. The second-order valence-corrected chi connectivity index (χ2v) is 7.80. The number of amides is 4. The highest BCUT2D eigenvalue weighted by atomic mass is 79.9. The van der Waals surface area contributed by atoms with Crippen LogP contribution in [-0.2, 0) is 21.5 Å². The van der Waals surface area contributed by atoms with Gasteiger partial charge < -0.3 is 10.2 Å². The summed E-state index contributed by atoms with van der Waals surface area (Å²) >= 11 is 3.39. The van der Waals surface area contributed by atoms with Crippen molar-refractivity contribution in [3.05, 3.63) is 64.1 Å². The molecule has 0 spiro atoms. The van der Waals surface area contributed by atoms with Crippen LogP contribution in [0.3, 0.4) is 0 Å². The van der Waals surface area contributed by atoms with Crippen LogP contribution in [0.15, 0.2) is 53.0 Å². The lowest BCUT2D eigenvalue weighted by atomic mass is 9.92. The van der Waals surface area contributed by atoms with Crippen molar-refractivity contribution < 1.29 is 14.4 Å². The van der Waals surface area contributed by atoms with Crippen molar-refractivity contribution in [2.45, 2.75) is 18.9 Å². The fourth-order valence-corrected chi connectivity index (χ4v) is 4.05. The first kappa shape index (κ1) is 17.7. The topological polar surface area (TPSA) is 69.7 Å². The Morgan fingerprint density at radius 3 is 2.74 bits per heavy atom. The Kier molecular flexibility index (Phi) is 4.26. The number of imide groups is 1.